The molecule has 0 aliphatic carbocycles. The van der Waals surface area contributed by atoms with Gasteiger partial charge in [-0.2, -0.15) is 4.57 Å². The van der Waals surface area contributed by atoms with E-state index in [1.807, 2.05) is 18.2 Å². The molecule has 0 atom stereocenters. The molecule has 94 valence electrons. The van der Waals surface area contributed by atoms with Gasteiger partial charge in [-0.15, -0.1) is 0 Å². The Labute approximate surface area is 112 Å². The number of fused-ring (bicyclic) bond motifs is 1. The number of hydrogen-bond donors (Lipinski definition) is 0. The molecule has 3 aromatic rings. The number of rotatable bonds is 3. The monoisotopic (exact) mass is 250 g/mol. The Kier molecular flexibility index (Phi) is 3.15. The predicted octanol–water partition coefficient (Wildman–Crippen LogP) is 3.18. The Morgan fingerprint density at radius 3 is 2.42 bits per heavy atom. The van der Waals surface area contributed by atoms with E-state index in [1.54, 1.807) is 7.11 Å². The molecule has 0 unspecified atom stereocenters. The first kappa shape index (κ1) is 11.7. The minimum Gasteiger partial charge on any atom is -0.447 e. The van der Waals surface area contributed by atoms with Crippen molar-refractivity contribution in [1.82, 2.24) is 0 Å². The van der Waals surface area contributed by atoms with Crippen LogP contribution in [0.25, 0.3) is 10.8 Å². The lowest BCUT2D eigenvalue weighted by atomic mass is 10.1. The summed E-state index contributed by atoms with van der Waals surface area (Å²) in [6, 6.07) is 20.8. The van der Waals surface area contributed by atoms with Crippen molar-refractivity contribution in [2.45, 2.75) is 6.54 Å². The first-order valence-electron chi connectivity index (χ1n) is 6.37. The van der Waals surface area contributed by atoms with Crippen molar-refractivity contribution >= 4 is 10.8 Å². The second kappa shape index (κ2) is 5.11. The van der Waals surface area contributed by atoms with Crippen LogP contribution in [-0.2, 0) is 6.54 Å². The van der Waals surface area contributed by atoms with Gasteiger partial charge in [0.1, 0.15) is 0 Å². The molecule has 0 spiro atoms. The fourth-order valence-corrected chi connectivity index (χ4v) is 2.36. The molecule has 2 aromatic carbocycles. The van der Waals surface area contributed by atoms with Crippen LogP contribution in [0.3, 0.4) is 0 Å². The zero-order valence-corrected chi connectivity index (χ0v) is 10.9. The molecule has 0 saturated carbocycles. The van der Waals surface area contributed by atoms with Crippen molar-refractivity contribution in [3.05, 3.63) is 72.4 Å². The van der Waals surface area contributed by atoms with Crippen LogP contribution in [0.4, 0.5) is 0 Å². The fourth-order valence-electron chi connectivity index (χ4n) is 2.36. The topological polar surface area (TPSA) is 13.1 Å². The quantitative estimate of drug-likeness (QED) is 0.651. The smallest absolute Gasteiger partial charge is 0.375 e. The average Bonchev–Trinajstić information content (AvgIpc) is 2.48. The van der Waals surface area contributed by atoms with E-state index in [-0.39, 0.29) is 0 Å². The molecule has 0 radical (unpaired) electrons. The molecule has 0 saturated heterocycles. The van der Waals surface area contributed by atoms with E-state index in [0.717, 1.165) is 17.8 Å². The summed E-state index contributed by atoms with van der Waals surface area (Å²) in [5.74, 6) is 0.905. The molecule has 0 amide bonds. The van der Waals surface area contributed by atoms with Crippen LogP contribution in [-0.4, -0.2) is 7.11 Å². The van der Waals surface area contributed by atoms with Gasteiger partial charge in [0.15, 0.2) is 12.7 Å². The third-order valence-corrected chi connectivity index (χ3v) is 3.28. The van der Waals surface area contributed by atoms with Gasteiger partial charge in [0.25, 0.3) is 0 Å². The molecule has 2 nitrogen and oxygen atoms in total. The summed E-state index contributed by atoms with van der Waals surface area (Å²) >= 11 is 0. The van der Waals surface area contributed by atoms with Crippen LogP contribution in [0.2, 0.25) is 0 Å². The zero-order chi connectivity index (χ0) is 13.1. The third-order valence-electron chi connectivity index (χ3n) is 3.28. The highest BCUT2D eigenvalue weighted by Crippen LogP contribution is 2.21. The van der Waals surface area contributed by atoms with Crippen molar-refractivity contribution in [2.75, 3.05) is 7.11 Å². The Morgan fingerprint density at radius 1 is 0.895 bits per heavy atom. The van der Waals surface area contributed by atoms with E-state index >= 15 is 0 Å². The normalized spacial score (nSPS) is 10.6. The summed E-state index contributed by atoms with van der Waals surface area (Å²) in [7, 11) is 1.73. The standard InChI is InChI=1S/C17H16NO/c1-19-17-16-10-6-5-9-15(16)11-12-18(17)13-14-7-3-2-4-8-14/h2-12H,13H2,1H3/q+1. The number of methoxy groups -OCH3 is 1. The van der Waals surface area contributed by atoms with Crippen LogP contribution in [0, 0.1) is 0 Å². The van der Waals surface area contributed by atoms with Gasteiger partial charge in [-0.1, -0.05) is 48.5 Å². The van der Waals surface area contributed by atoms with Gasteiger partial charge in [0, 0.05) is 11.6 Å². The maximum absolute atomic E-state index is 5.59. The minimum absolute atomic E-state index is 0.814. The SMILES string of the molecule is COc1c2ccccc2cc[n+]1Cc1ccccc1. The second-order valence-corrected chi connectivity index (χ2v) is 4.53. The number of aromatic nitrogens is 1. The lowest BCUT2D eigenvalue weighted by molar-refractivity contribution is -0.691. The van der Waals surface area contributed by atoms with Crippen LogP contribution in [0.15, 0.2) is 66.9 Å². The maximum atomic E-state index is 5.59. The van der Waals surface area contributed by atoms with Gasteiger partial charge < -0.3 is 4.74 Å². The highest BCUT2D eigenvalue weighted by atomic mass is 16.5. The molecule has 0 fully saturated rings. The summed E-state index contributed by atoms with van der Waals surface area (Å²) in [6.45, 7) is 0.814. The summed E-state index contributed by atoms with van der Waals surface area (Å²) < 4.78 is 7.73. The summed E-state index contributed by atoms with van der Waals surface area (Å²) in [5, 5.41) is 2.34. The van der Waals surface area contributed by atoms with E-state index in [1.165, 1.54) is 10.9 Å². The van der Waals surface area contributed by atoms with Gasteiger partial charge in [-0.05, 0) is 11.5 Å². The van der Waals surface area contributed by atoms with Crippen molar-refractivity contribution in [2.24, 2.45) is 0 Å². The van der Waals surface area contributed by atoms with Gasteiger partial charge in [-0.25, -0.2) is 0 Å². The van der Waals surface area contributed by atoms with Crippen molar-refractivity contribution in [3.8, 4) is 5.88 Å². The molecule has 19 heavy (non-hydrogen) atoms. The lowest BCUT2D eigenvalue weighted by Gasteiger charge is -2.06. The highest BCUT2D eigenvalue weighted by Gasteiger charge is 2.15. The largest absolute Gasteiger partial charge is 0.447 e. The maximum Gasteiger partial charge on any atom is 0.375 e. The summed E-state index contributed by atoms with van der Waals surface area (Å²) in [4.78, 5) is 0. The molecule has 1 aromatic heterocycles. The van der Waals surface area contributed by atoms with Crippen LogP contribution in [0.1, 0.15) is 5.56 Å². The Hall–Kier alpha value is -2.35. The van der Waals surface area contributed by atoms with Gasteiger partial charge >= 0.3 is 5.88 Å². The van der Waals surface area contributed by atoms with Crippen LogP contribution < -0.4 is 9.30 Å². The second-order valence-electron chi connectivity index (χ2n) is 4.53. The number of hydrogen-bond acceptors (Lipinski definition) is 1. The molecule has 0 bridgehead atoms. The van der Waals surface area contributed by atoms with Crippen LogP contribution in [0.5, 0.6) is 5.88 Å². The lowest BCUT2D eigenvalue weighted by Crippen LogP contribution is -2.35. The van der Waals surface area contributed by atoms with Crippen LogP contribution >= 0.6 is 0 Å². The number of nitrogens with zero attached hydrogens (tertiary/aromatic N) is 1. The predicted molar refractivity (Wildman–Crippen MR) is 76.2 cm³/mol. The molecule has 2 heteroatoms. The molecule has 0 aliphatic heterocycles. The molecular weight excluding hydrogens is 234 g/mol. The number of benzene rings is 2. The van der Waals surface area contributed by atoms with Crippen molar-refractivity contribution < 1.29 is 9.30 Å². The first-order valence-corrected chi connectivity index (χ1v) is 6.37. The molecule has 1 heterocycles. The average molecular weight is 250 g/mol. The van der Waals surface area contributed by atoms with Gasteiger partial charge in [0.05, 0.1) is 12.5 Å². The fraction of sp³-hybridized carbons (Fsp3) is 0.118. The molecule has 0 N–H and O–H groups in total. The van der Waals surface area contributed by atoms with E-state index in [4.69, 9.17) is 4.74 Å². The highest BCUT2D eigenvalue weighted by molar-refractivity contribution is 5.85. The zero-order valence-electron chi connectivity index (χ0n) is 10.9. The van der Waals surface area contributed by atoms with Gasteiger partial charge in [-0.3, -0.25) is 0 Å². The Bertz CT molecular complexity index is 692. The third kappa shape index (κ3) is 2.29. The molecule has 0 aliphatic rings. The van der Waals surface area contributed by atoms with E-state index in [2.05, 4.69) is 53.2 Å². The van der Waals surface area contributed by atoms with Gasteiger partial charge in [0.2, 0.25) is 0 Å². The summed E-state index contributed by atoms with van der Waals surface area (Å²) in [5.41, 5.74) is 1.26. The summed E-state index contributed by atoms with van der Waals surface area (Å²) in [6.07, 6.45) is 2.08. The van der Waals surface area contributed by atoms with Crippen molar-refractivity contribution in [1.29, 1.82) is 0 Å². The van der Waals surface area contributed by atoms with E-state index in [9.17, 15) is 0 Å². The van der Waals surface area contributed by atoms with E-state index < -0.39 is 0 Å². The number of pyridine rings is 1. The molecule has 3 rings (SSSR count). The first-order chi connectivity index (χ1) is 9.38. The molecular formula is C17H16NO+. The minimum atomic E-state index is 0.814. The Balaban J connectivity index is 2.08. The Morgan fingerprint density at radius 2 is 1.63 bits per heavy atom. The number of ether oxygens (including phenoxy) is 1. The van der Waals surface area contributed by atoms with Crippen molar-refractivity contribution in [3.63, 3.8) is 0 Å². The van der Waals surface area contributed by atoms with E-state index in [0.29, 0.717) is 0 Å².